The number of nitrogens with zero attached hydrogens (tertiary/aromatic N) is 2. The van der Waals surface area contributed by atoms with Gasteiger partial charge in [-0.1, -0.05) is 30.3 Å². The number of rotatable bonds is 5. The lowest BCUT2D eigenvalue weighted by Gasteiger charge is -2.18. The highest BCUT2D eigenvalue weighted by molar-refractivity contribution is 5.84. The Bertz CT molecular complexity index is 596. The van der Waals surface area contributed by atoms with Crippen LogP contribution < -0.4 is 5.32 Å². The summed E-state index contributed by atoms with van der Waals surface area (Å²) in [7, 11) is 0. The van der Waals surface area contributed by atoms with Crippen molar-refractivity contribution in [1.29, 1.82) is 0 Å². The Morgan fingerprint density at radius 2 is 1.95 bits per heavy atom. The Hall–Kier alpha value is -2.23. The maximum Gasteiger partial charge on any atom is 0.152 e. The number of aromatic nitrogens is 2. The van der Waals surface area contributed by atoms with Gasteiger partial charge in [-0.2, -0.15) is 0 Å². The average molecular weight is 269 g/mol. The predicted molar refractivity (Wildman–Crippen MR) is 79.7 cm³/mol. The highest BCUT2D eigenvalue weighted by atomic mass is 16.1. The van der Waals surface area contributed by atoms with Crippen molar-refractivity contribution in [2.75, 3.05) is 5.32 Å². The van der Waals surface area contributed by atoms with Gasteiger partial charge in [0, 0.05) is 11.8 Å². The molecule has 1 N–H and O–H groups in total. The summed E-state index contributed by atoms with van der Waals surface area (Å²) in [5, 5.41) is 3.24. The van der Waals surface area contributed by atoms with Gasteiger partial charge < -0.3 is 5.32 Å². The molecule has 0 unspecified atom stereocenters. The van der Waals surface area contributed by atoms with Gasteiger partial charge in [0.25, 0.3) is 0 Å². The van der Waals surface area contributed by atoms with Crippen molar-refractivity contribution in [2.45, 2.75) is 33.2 Å². The summed E-state index contributed by atoms with van der Waals surface area (Å²) in [6, 6.07) is 9.70. The molecule has 0 bridgehead atoms. The molecular weight excluding hydrogens is 250 g/mol. The first kappa shape index (κ1) is 14.2. The third-order valence-corrected chi connectivity index (χ3v) is 3.18. The second kappa shape index (κ2) is 6.28. The lowest BCUT2D eigenvalue weighted by atomic mass is 10.0. The second-order valence-corrected chi connectivity index (χ2v) is 4.95. The van der Waals surface area contributed by atoms with Crippen LogP contribution in [0.1, 0.15) is 23.9 Å². The summed E-state index contributed by atoms with van der Waals surface area (Å²) in [5.41, 5.74) is 2.07. The fraction of sp³-hybridized carbons (Fsp3) is 0.312. The van der Waals surface area contributed by atoms with Crippen LogP contribution in [-0.2, 0) is 11.2 Å². The highest BCUT2D eigenvalue weighted by Gasteiger charge is 2.16. The molecule has 1 heterocycles. The molecule has 0 aliphatic carbocycles. The third-order valence-electron chi connectivity index (χ3n) is 3.18. The van der Waals surface area contributed by atoms with E-state index in [-0.39, 0.29) is 11.8 Å². The van der Waals surface area contributed by atoms with Crippen molar-refractivity contribution in [3.63, 3.8) is 0 Å². The Labute approximate surface area is 119 Å². The Morgan fingerprint density at radius 1 is 1.25 bits per heavy atom. The molecular formula is C16H19N3O. The van der Waals surface area contributed by atoms with Gasteiger partial charge in [-0.25, -0.2) is 9.97 Å². The maximum absolute atomic E-state index is 11.8. The summed E-state index contributed by atoms with van der Waals surface area (Å²) in [5.74, 6) is 1.53. The number of anilines is 1. The number of carbonyl (C=O) groups is 1. The molecule has 1 atom stereocenters. The number of hydrogen-bond acceptors (Lipinski definition) is 4. The molecule has 0 aliphatic heterocycles. The largest absolute Gasteiger partial charge is 0.360 e. The van der Waals surface area contributed by atoms with Gasteiger partial charge >= 0.3 is 0 Å². The van der Waals surface area contributed by atoms with Crippen LogP contribution in [0.2, 0.25) is 0 Å². The first-order valence-electron chi connectivity index (χ1n) is 6.67. The Morgan fingerprint density at radius 3 is 2.60 bits per heavy atom. The topological polar surface area (TPSA) is 54.9 Å². The van der Waals surface area contributed by atoms with Crippen molar-refractivity contribution in [1.82, 2.24) is 9.97 Å². The minimum atomic E-state index is -0.273. The van der Waals surface area contributed by atoms with Crippen molar-refractivity contribution in [3.8, 4) is 0 Å². The van der Waals surface area contributed by atoms with Gasteiger partial charge in [0.05, 0.1) is 6.04 Å². The number of ketones is 1. The molecule has 0 saturated carbocycles. The molecule has 2 aromatic rings. The molecule has 0 fully saturated rings. The van der Waals surface area contributed by atoms with Crippen molar-refractivity contribution in [3.05, 3.63) is 53.5 Å². The van der Waals surface area contributed by atoms with E-state index in [4.69, 9.17) is 0 Å². The molecule has 4 heteroatoms. The first-order valence-corrected chi connectivity index (χ1v) is 6.67. The quantitative estimate of drug-likeness (QED) is 0.906. The van der Waals surface area contributed by atoms with Crippen LogP contribution in [0.4, 0.5) is 5.82 Å². The van der Waals surface area contributed by atoms with Crippen LogP contribution in [-0.4, -0.2) is 21.8 Å². The van der Waals surface area contributed by atoms with Crippen LogP contribution in [0.5, 0.6) is 0 Å². The minimum absolute atomic E-state index is 0.101. The molecule has 1 aromatic heterocycles. The van der Waals surface area contributed by atoms with Crippen LogP contribution in [0.15, 0.2) is 36.5 Å². The molecule has 104 valence electrons. The van der Waals surface area contributed by atoms with E-state index in [2.05, 4.69) is 15.3 Å². The number of Topliss-reactive ketones (excluding diaryl/α,β-unsaturated/α-hetero) is 1. The molecule has 2 rings (SSSR count). The van der Waals surface area contributed by atoms with Crippen molar-refractivity contribution < 1.29 is 4.79 Å². The van der Waals surface area contributed by atoms with Gasteiger partial charge in [-0.05, 0) is 32.8 Å². The Kier molecular flexibility index (Phi) is 4.45. The summed E-state index contributed by atoms with van der Waals surface area (Å²) in [6.07, 6.45) is 2.42. The van der Waals surface area contributed by atoms with Gasteiger partial charge in [-0.3, -0.25) is 4.79 Å². The molecule has 0 saturated heterocycles. The molecule has 1 aromatic carbocycles. The average Bonchev–Trinajstić information content (AvgIpc) is 2.43. The lowest BCUT2D eigenvalue weighted by molar-refractivity contribution is -0.117. The third kappa shape index (κ3) is 3.63. The number of carbonyl (C=O) groups excluding carboxylic acids is 1. The maximum atomic E-state index is 11.8. The van der Waals surface area contributed by atoms with Gasteiger partial charge in [0.2, 0.25) is 0 Å². The van der Waals surface area contributed by atoms with Crippen LogP contribution in [0.25, 0.3) is 0 Å². The zero-order valence-corrected chi connectivity index (χ0v) is 12.1. The number of hydrogen-bond donors (Lipinski definition) is 1. The van der Waals surface area contributed by atoms with Crippen molar-refractivity contribution in [2.24, 2.45) is 0 Å². The zero-order valence-electron chi connectivity index (χ0n) is 12.1. The van der Waals surface area contributed by atoms with Gasteiger partial charge in [-0.15, -0.1) is 0 Å². The SMILES string of the molecule is CC(=O)[C@H](Cc1ccccc1)Nc1nc(C)ncc1C. The summed E-state index contributed by atoms with van der Waals surface area (Å²) in [6.45, 7) is 5.37. The molecule has 0 amide bonds. The van der Waals surface area contributed by atoms with E-state index in [1.807, 2.05) is 44.2 Å². The van der Waals surface area contributed by atoms with E-state index in [0.717, 1.165) is 16.9 Å². The van der Waals surface area contributed by atoms with E-state index >= 15 is 0 Å². The molecule has 20 heavy (non-hydrogen) atoms. The van der Waals surface area contributed by atoms with Crippen LogP contribution >= 0.6 is 0 Å². The number of nitrogens with one attached hydrogen (secondary N) is 1. The first-order chi connectivity index (χ1) is 9.56. The summed E-state index contributed by atoms with van der Waals surface area (Å²) >= 11 is 0. The second-order valence-electron chi connectivity index (χ2n) is 4.95. The van der Waals surface area contributed by atoms with Gasteiger partial charge in [0.15, 0.2) is 5.78 Å². The lowest BCUT2D eigenvalue weighted by Crippen LogP contribution is -2.30. The van der Waals surface area contributed by atoms with Crippen LogP contribution in [0.3, 0.4) is 0 Å². The minimum Gasteiger partial charge on any atom is -0.360 e. The molecule has 0 radical (unpaired) electrons. The predicted octanol–water partition coefficient (Wildman–Crippen LogP) is 2.71. The smallest absolute Gasteiger partial charge is 0.152 e. The zero-order chi connectivity index (χ0) is 14.5. The van der Waals surface area contributed by atoms with Gasteiger partial charge in [0.1, 0.15) is 11.6 Å². The van der Waals surface area contributed by atoms with E-state index in [0.29, 0.717) is 12.2 Å². The molecule has 4 nitrogen and oxygen atoms in total. The number of benzene rings is 1. The fourth-order valence-electron chi connectivity index (χ4n) is 1.99. The molecule has 0 aliphatic rings. The van der Waals surface area contributed by atoms with E-state index < -0.39 is 0 Å². The van der Waals surface area contributed by atoms with E-state index in [9.17, 15) is 4.79 Å². The monoisotopic (exact) mass is 269 g/mol. The fourth-order valence-corrected chi connectivity index (χ4v) is 1.99. The van der Waals surface area contributed by atoms with E-state index in [1.54, 1.807) is 13.1 Å². The van der Waals surface area contributed by atoms with Crippen LogP contribution in [0, 0.1) is 13.8 Å². The van der Waals surface area contributed by atoms with Crippen molar-refractivity contribution >= 4 is 11.6 Å². The normalized spacial score (nSPS) is 11.9. The summed E-state index contributed by atoms with van der Waals surface area (Å²) < 4.78 is 0. The molecule has 0 spiro atoms. The Balaban J connectivity index is 2.18. The standard InChI is InChI=1S/C16H19N3O/c1-11-10-17-13(3)18-16(11)19-15(12(2)20)9-14-7-5-4-6-8-14/h4-8,10,15H,9H2,1-3H3,(H,17,18,19)/t15-/m0/s1. The number of aryl methyl sites for hydroxylation is 2. The summed E-state index contributed by atoms with van der Waals surface area (Å²) in [4.78, 5) is 20.3. The van der Waals surface area contributed by atoms with E-state index in [1.165, 1.54) is 0 Å². The highest BCUT2D eigenvalue weighted by Crippen LogP contribution is 2.14.